The number of amides is 4. The third-order valence-electron chi connectivity index (χ3n) is 14.6. The Kier molecular flexibility index (Phi) is 13.3. The van der Waals surface area contributed by atoms with E-state index in [1.165, 1.54) is 12.7 Å². The van der Waals surface area contributed by atoms with E-state index in [0.29, 0.717) is 25.5 Å². The Labute approximate surface area is 392 Å². The average molecular weight is 918 g/mol. The Hall–Kier alpha value is -6.16. The van der Waals surface area contributed by atoms with Crippen molar-refractivity contribution in [3.05, 3.63) is 89.0 Å². The van der Waals surface area contributed by atoms with Gasteiger partial charge >= 0.3 is 12.2 Å². The molecule has 5 N–H and O–H groups in total. The minimum Gasteiger partial charge on any atom is -0.453 e. The summed E-state index contributed by atoms with van der Waals surface area (Å²) in [5.41, 5.74) is 11.9. The van der Waals surface area contributed by atoms with Crippen LogP contribution in [-0.4, -0.2) is 99.3 Å². The van der Waals surface area contributed by atoms with Crippen molar-refractivity contribution in [2.75, 3.05) is 38.8 Å². The molecule has 67 heavy (non-hydrogen) atoms. The summed E-state index contributed by atoms with van der Waals surface area (Å²) in [6, 6.07) is 20.5. The first-order valence-corrected chi connectivity index (χ1v) is 23.8. The summed E-state index contributed by atoms with van der Waals surface area (Å²) in [7, 11) is 3.03. The third-order valence-corrected chi connectivity index (χ3v) is 14.6. The minimum atomic E-state index is -1.40. The van der Waals surface area contributed by atoms with Crippen LogP contribution in [0.1, 0.15) is 139 Å². The molecule has 358 valence electrons. The lowest BCUT2D eigenvalue weighted by molar-refractivity contribution is -0.155. The number of benzene rings is 3. The number of hydrogen-bond donors (Lipinski definition) is 4. The van der Waals surface area contributed by atoms with Gasteiger partial charge in [0.1, 0.15) is 17.7 Å². The standard InChI is InChI=1S/C51H67N9O7/c1-29(2)43(57-49(64)66-9)46(61)58-24-10-12-41(58)44-53-35-20-14-31(26-37(35)55-44)39-22-23-40(60(39)34-18-16-33(17-19-34)50(5,6)28-65-8)32-15-21-36-38(27-32)56-45(54-36)42-13-11-25-59(42)47(62)51(7,30(3)4)67-48(52)63/h14-21,26-27,29-30,39-43H,10-13,22-25,28H2,1-9H3,(H2,52,63)(H,53,55)(H,54,56)(H,57,64)/t39-,40-,41+,42+,43+,51+/m1/s1. The van der Waals surface area contributed by atoms with Gasteiger partial charge in [0.25, 0.3) is 5.91 Å². The van der Waals surface area contributed by atoms with Gasteiger partial charge in [0.15, 0.2) is 5.60 Å². The molecular weight excluding hydrogens is 851 g/mol. The molecule has 3 aliphatic rings. The van der Waals surface area contributed by atoms with Gasteiger partial charge in [-0.2, -0.15) is 0 Å². The van der Waals surface area contributed by atoms with E-state index in [2.05, 4.69) is 94.7 Å². The van der Waals surface area contributed by atoms with E-state index < -0.39 is 23.8 Å². The molecule has 3 aliphatic heterocycles. The molecule has 0 bridgehead atoms. The predicted octanol–water partition coefficient (Wildman–Crippen LogP) is 8.66. The van der Waals surface area contributed by atoms with Gasteiger partial charge in [0, 0.05) is 37.2 Å². The monoisotopic (exact) mass is 918 g/mol. The molecule has 0 spiro atoms. The number of nitrogens with one attached hydrogen (secondary N) is 3. The van der Waals surface area contributed by atoms with Crippen LogP contribution in [0.3, 0.4) is 0 Å². The summed E-state index contributed by atoms with van der Waals surface area (Å²) in [5.74, 6) is 0.593. The number of rotatable bonds is 14. The summed E-state index contributed by atoms with van der Waals surface area (Å²) in [6.07, 6.45) is 3.30. The number of aromatic amines is 2. The van der Waals surface area contributed by atoms with Crippen LogP contribution in [0.15, 0.2) is 60.7 Å². The molecule has 3 aromatic carbocycles. The fraction of sp³-hybridized carbons (Fsp3) is 0.529. The highest BCUT2D eigenvalue weighted by molar-refractivity contribution is 5.88. The number of aromatic nitrogens is 4. The topological polar surface area (TPSA) is 201 Å². The van der Waals surface area contributed by atoms with Crippen LogP contribution in [0.25, 0.3) is 22.1 Å². The van der Waals surface area contributed by atoms with Crippen molar-refractivity contribution in [3.63, 3.8) is 0 Å². The van der Waals surface area contributed by atoms with Gasteiger partial charge in [-0.05, 0) is 104 Å². The Morgan fingerprint density at radius 1 is 0.761 bits per heavy atom. The first kappa shape index (κ1) is 47.3. The van der Waals surface area contributed by atoms with Crippen LogP contribution in [0.4, 0.5) is 15.3 Å². The molecule has 16 heteroatoms. The van der Waals surface area contributed by atoms with Crippen LogP contribution in [-0.2, 0) is 29.2 Å². The molecule has 5 aromatic rings. The number of primary amides is 1. The molecule has 4 amide bonds. The lowest BCUT2D eigenvalue weighted by Crippen LogP contribution is -2.53. The maximum atomic E-state index is 14.1. The van der Waals surface area contributed by atoms with Gasteiger partial charge in [-0.25, -0.2) is 19.6 Å². The summed E-state index contributed by atoms with van der Waals surface area (Å²) < 4.78 is 15.9. The van der Waals surface area contributed by atoms with Gasteiger partial charge in [0.05, 0.1) is 60.0 Å². The van der Waals surface area contributed by atoms with Crippen molar-refractivity contribution >= 4 is 51.8 Å². The molecule has 2 aromatic heterocycles. The number of likely N-dealkylation sites (tertiary alicyclic amines) is 2. The van der Waals surface area contributed by atoms with E-state index in [-0.39, 0.29) is 53.2 Å². The second-order valence-corrected chi connectivity index (χ2v) is 20.1. The van der Waals surface area contributed by atoms with E-state index in [1.54, 1.807) is 18.9 Å². The summed E-state index contributed by atoms with van der Waals surface area (Å²) >= 11 is 0. The molecule has 16 nitrogen and oxygen atoms in total. The molecule has 6 atom stereocenters. The molecule has 8 rings (SSSR count). The van der Waals surface area contributed by atoms with Crippen LogP contribution in [0, 0.1) is 11.8 Å². The zero-order valence-corrected chi connectivity index (χ0v) is 40.4. The fourth-order valence-corrected chi connectivity index (χ4v) is 10.6. The first-order valence-electron chi connectivity index (χ1n) is 23.8. The molecule has 0 aliphatic carbocycles. The highest BCUT2D eigenvalue weighted by Crippen LogP contribution is 2.48. The zero-order valence-electron chi connectivity index (χ0n) is 40.4. The van der Waals surface area contributed by atoms with Crippen LogP contribution >= 0.6 is 0 Å². The van der Waals surface area contributed by atoms with Crippen molar-refractivity contribution < 1.29 is 33.4 Å². The maximum absolute atomic E-state index is 14.1. The number of carbonyl (C=O) groups is 4. The molecule has 3 fully saturated rings. The van der Waals surface area contributed by atoms with Crippen molar-refractivity contribution in [3.8, 4) is 0 Å². The normalized spacial score (nSPS) is 21.4. The number of imidazole rings is 2. The van der Waals surface area contributed by atoms with Crippen LogP contribution in [0.2, 0.25) is 0 Å². The number of nitrogens with zero attached hydrogens (tertiary/aromatic N) is 5. The van der Waals surface area contributed by atoms with Gasteiger partial charge in [-0.3, -0.25) is 9.59 Å². The fourth-order valence-electron chi connectivity index (χ4n) is 10.6. The largest absolute Gasteiger partial charge is 0.453 e. The molecule has 3 saturated heterocycles. The average Bonchev–Trinajstić information content (AvgIpc) is 4.15. The number of H-pyrrole nitrogens is 2. The van der Waals surface area contributed by atoms with Gasteiger partial charge in [-0.1, -0.05) is 65.8 Å². The van der Waals surface area contributed by atoms with Gasteiger partial charge < -0.3 is 49.9 Å². The Morgan fingerprint density at radius 3 is 1.97 bits per heavy atom. The van der Waals surface area contributed by atoms with E-state index in [4.69, 9.17) is 29.9 Å². The number of ether oxygens (including phenoxy) is 3. The van der Waals surface area contributed by atoms with Crippen molar-refractivity contribution in [1.82, 2.24) is 35.1 Å². The minimum absolute atomic E-state index is 0.0251. The molecule has 0 unspecified atom stereocenters. The number of methoxy groups -OCH3 is 2. The summed E-state index contributed by atoms with van der Waals surface area (Å²) in [4.78, 5) is 75.5. The van der Waals surface area contributed by atoms with E-state index in [9.17, 15) is 19.2 Å². The zero-order chi connectivity index (χ0) is 47.9. The first-order chi connectivity index (χ1) is 31.9. The maximum Gasteiger partial charge on any atom is 0.407 e. The number of fused-ring (bicyclic) bond motifs is 2. The predicted molar refractivity (Wildman–Crippen MR) is 256 cm³/mol. The van der Waals surface area contributed by atoms with Crippen LogP contribution < -0.4 is 16.0 Å². The number of carbonyl (C=O) groups excluding carboxylic acids is 4. The summed E-state index contributed by atoms with van der Waals surface area (Å²) in [5, 5.41) is 2.74. The van der Waals surface area contributed by atoms with Gasteiger partial charge in [0.2, 0.25) is 5.91 Å². The molecule has 5 heterocycles. The smallest absolute Gasteiger partial charge is 0.407 e. The lowest BCUT2D eigenvalue weighted by Gasteiger charge is -2.36. The second kappa shape index (κ2) is 18.8. The Balaban J connectivity index is 1.10. The van der Waals surface area contributed by atoms with Crippen molar-refractivity contribution in [2.24, 2.45) is 17.6 Å². The number of nitrogens with two attached hydrogens (primary N) is 1. The number of hydrogen-bond acceptors (Lipinski definition) is 10. The van der Waals surface area contributed by atoms with Crippen LogP contribution in [0.5, 0.6) is 0 Å². The third kappa shape index (κ3) is 9.16. The number of alkyl carbamates (subject to hydrolysis) is 1. The molecular formula is C51H67N9O7. The number of anilines is 1. The van der Waals surface area contributed by atoms with Gasteiger partial charge in [-0.15, -0.1) is 0 Å². The lowest BCUT2D eigenvalue weighted by atomic mass is 9.85. The molecule has 0 saturated carbocycles. The van der Waals surface area contributed by atoms with E-state index >= 15 is 0 Å². The highest BCUT2D eigenvalue weighted by Gasteiger charge is 2.47. The van der Waals surface area contributed by atoms with E-state index in [0.717, 1.165) is 83.2 Å². The van der Waals surface area contributed by atoms with E-state index in [1.807, 2.05) is 32.6 Å². The quantitative estimate of drug-likeness (QED) is 0.0835. The SMILES string of the molecule is COCC(C)(C)c1ccc(N2[C@@H](c3ccc4[nH]c([C@@H]5CCCN5C(=O)[C@@H](NC(=O)OC)C(C)C)nc4c3)CC[C@@H]2c2ccc3nc([C@@H]4CCCN4C(=O)[C@@](C)(OC(N)=O)C(C)C)[nH]c3c2)cc1. The van der Waals surface area contributed by atoms with Crippen molar-refractivity contribution in [2.45, 2.75) is 128 Å². The summed E-state index contributed by atoms with van der Waals surface area (Å²) in [6.45, 7) is 15.2. The Bertz CT molecular complexity index is 2620. The van der Waals surface area contributed by atoms with Crippen molar-refractivity contribution in [1.29, 1.82) is 0 Å². The second-order valence-electron chi connectivity index (χ2n) is 20.1. The molecule has 0 radical (unpaired) electrons. The highest BCUT2D eigenvalue weighted by atomic mass is 16.6. The Morgan fingerprint density at radius 2 is 1.36 bits per heavy atom.